The molecule has 0 aliphatic carbocycles. The van der Waals surface area contributed by atoms with Crippen LogP contribution in [-0.4, -0.2) is 22.4 Å². The Hall–Kier alpha value is -3.38. The monoisotopic (exact) mass is 423 g/mol. The Balaban J connectivity index is 2.24. The van der Waals surface area contributed by atoms with Crippen LogP contribution in [-0.2, 0) is 6.42 Å². The molecule has 0 atom stereocenters. The first-order chi connectivity index (χ1) is 14.4. The largest absolute Gasteiger partial charge is 0.358 e. The molecule has 0 saturated heterocycles. The third kappa shape index (κ3) is 6.06. The molecule has 1 aromatic carbocycles. The van der Waals surface area contributed by atoms with E-state index in [0.29, 0.717) is 51.1 Å². The molecular formula is C23H23ClFN5. The lowest BCUT2D eigenvalue weighted by Crippen LogP contribution is -2.13. The Labute approximate surface area is 181 Å². The molecule has 0 amide bonds. The molecule has 2 aromatic rings. The quantitative estimate of drug-likeness (QED) is 0.408. The maximum absolute atomic E-state index is 14.7. The lowest BCUT2D eigenvalue weighted by molar-refractivity contribution is 0.612. The summed E-state index contributed by atoms with van der Waals surface area (Å²) in [6, 6.07) is 4.87. The van der Waals surface area contributed by atoms with Crippen molar-refractivity contribution >= 4 is 29.1 Å². The fourth-order valence-corrected chi connectivity index (χ4v) is 2.83. The van der Waals surface area contributed by atoms with E-state index in [0.717, 1.165) is 6.21 Å². The minimum Gasteiger partial charge on any atom is -0.358 e. The van der Waals surface area contributed by atoms with E-state index in [1.54, 1.807) is 43.7 Å². The number of hydrogen-bond donors (Lipinski definition) is 2. The molecule has 5 nitrogen and oxygen atoms in total. The van der Waals surface area contributed by atoms with Gasteiger partial charge in [-0.25, -0.2) is 9.37 Å². The van der Waals surface area contributed by atoms with Gasteiger partial charge in [0, 0.05) is 36.3 Å². The minimum absolute atomic E-state index is 0.297. The van der Waals surface area contributed by atoms with Crippen LogP contribution in [0.1, 0.15) is 23.9 Å². The summed E-state index contributed by atoms with van der Waals surface area (Å²) >= 11 is 6.17. The summed E-state index contributed by atoms with van der Waals surface area (Å²) in [5.41, 5.74) is 3.92. The predicted molar refractivity (Wildman–Crippen MR) is 123 cm³/mol. The van der Waals surface area contributed by atoms with Crippen LogP contribution in [0.4, 0.5) is 4.39 Å². The first-order valence-corrected chi connectivity index (χ1v) is 9.51. The highest BCUT2D eigenvalue weighted by Crippen LogP contribution is 2.25. The molecule has 1 aromatic heterocycles. The Morgan fingerprint density at radius 3 is 2.80 bits per heavy atom. The van der Waals surface area contributed by atoms with Gasteiger partial charge >= 0.3 is 0 Å². The lowest BCUT2D eigenvalue weighted by atomic mass is 10.0. The standard InChI is InChI=1S/C23H23ClFN5/c1-5-19(13-27-6-2)29-15(3)11-17-7-8-18(12-21(17)25)22-14-28-16(4)23(30-22)20(24)9-10-26/h5-10,12-14,26,29H,1,3,11H2,2,4H3/b19-13+,20-9+,26-10?,27-6?. The van der Waals surface area contributed by atoms with Crippen molar-refractivity contribution in [2.24, 2.45) is 4.99 Å². The van der Waals surface area contributed by atoms with E-state index in [4.69, 9.17) is 17.0 Å². The number of aliphatic imine (C=N–C) groups is 1. The summed E-state index contributed by atoms with van der Waals surface area (Å²) in [6.45, 7) is 11.2. The highest BCUT2D eigenvalue weighted by atomic mass is 35.5. The van der Waals surface area contributed by atoms with Crippen LogP contribution in [0, 0.1) is 18.2 Å². The van der Waals surface area contributed by atoms with Gasteiger partial charge in [-0.3, -0.25) is 9.98 Å². The summed E-state index contributed by atoms with van der Waals surface area (Å²) in [4.78, 5) is 12.8. The zero-order valence-corrected chi connectivity index (χ0v) is 17.7. The van der Waals surface area contributed by atoms with E-state index >= 15 is 0 Å². The molecule has 0 unspecified atom stereocenters. The number of aryl methyl sites for hydroxylation is 1. The van der Waals surface area contributed by atoms with Gasteiger partial charge in [0.05, 0.1) is 28.3 Å². The Kier molecular flexibility index (Phi) is 8.38. The van der Waals surface area contributed by atoms with E-state index in [1.807, 2.05) is 6.92 Å². The topological polar surface area (TPSA) is 74.0 Å². The Morgan fingerprint density at radius 2 is 2.17 bits per heavy atom. The normalized spacial score (nSPS) is 12.1. The second-order valence-corrected chi connectivity index (χ2v) is 6.69. The van der Waals surface area contributed by atoms with Crippen LogP contribution >= 0.6 is 11.6 Å². The predicted octanol–water partition coefficient (Wildman–Crippen LogP) is 5.58. The van der Waals surface area contributed by atoms with Gasteiger partial charge in [0.15, 0.2) is 0 Å². The van der Waals surface area contributed by atoms with E-state index in [9.17, 15) is 4.39 Å². The van der Waals surface area contributed by atoms with Crippen molar-refractivity contribution in [3.05, 3.63) is 90.1 Å². The number of halogens is 2. The number of nitrogens with zero attached hydrogens (tertiary/aromatic N) is 3. The van der Waals surface area contributed by atoms with Crippen molar-refractivity contribution in [3.63, 3.8) is 0 Å². The SMILES string of the molecule is C=C/C(=C\N=CC)NC(=C)Cc1ccc(-c2cnc(C)c(/C(Cl)=C\C=N)n2)cc1F. The summed E-state index contributed by atoms with van der Waals surface area (Å²) in [5, 5.41) is 10.5. The maximum Gasteiger partial charge on any atom is 0.127 e. The lowest BCUT2D eigenvalue weighted by Gasteiger charge is -2.12. The molecule has 30 heavy (non-hydrogen) atoms. The van der Waals surface area contributed by atoms with Crippen LogP contribution < -0.4 is 5.32 Å². The molecule has 0 spiro atoms. The van der Waals surface area contributed by atoms with Crippen LogP contribution in [0.2, 0.25) is 0 Å². The molecule has 0 bridgehead atoms. The molecular weight excluding hydrogens is 401 g/mol. The summed E-state index contributed by atoms with van der Waals surface area (Å²) in [5.74, 6) is -0.379. The van der Waals surface area contributed by atoms with Gasteiger partial charge < -0.3 is 10.7 Å². The van der Waals surface area contributed by atoms with Crippen LogP contribution in [0.3, 0.4) is 0 Å². The molecule has 2 rings (SSSR count). The molecule has 1 heterocycles. The summed E-state index contributed by atoms with van der Waals surface area (Å²) in [6.07, 6.45) is 9.24. The molecule has 0 aliphatic heterocycles. The molecule has 0 saturated carbocycles. The zero-order chi connectivity index (χ0) is 22.1. The third-order valence-electron chi connectivity index (χ3n) is 4.07. The van der Waals surface area contributed by atoms with Gasteiger partial charge in [0.2, 0.25) is 0 Å². The average molecular weight is 424 g/mol. The first-order valence-electron chi connectivity index (χ1n) is 9.13. The smallest absolute Gasteiger partial charge is 0.127 e. The Morgan fingerprint density at radius 1 is 1.40 bits per heavy atom. The van der Waals surface area contributed by atoms with Crippen LogP contribution in [0.15, 0.2) is 72.3 Å². The van der Waals surface area contributed by atoms with Crippen molar-refractivity contribution in [2.75, 3.05) is 0 Å². The van der Waals surface area contributed by atoms with Gasteiger partial charge in [-0.05, 0) is 37.6 Å². The second-order valence-electron chi connectivity index (χ2n) is 6.28. The van der Waals surface area contributed by atoms with E-state index < -0.39 is 0 Å². The number of allylic oxidation sites excluding steroid dienone is 3. The van der Waals surface area contributed by atoms with Crippen molar-refractivity contribution < 1.29 is 4.39 Å². The molecule has 2 N–H and O–H groups in total. The first kappa shape index (κ1) is 22.9. The number of rotatable bonds is 9. The number of aromatic nitrogens is 2. The van der Waals surface area contributed by atoms with Crippen molar-refractivity contribution in [3.8, 4) is 11.3 Å². The summed E-state index contributed by atoms with van der Waals surface area (Å²) in [7, 11) is 0. The molecule has 0 radical (unpaired) electrons. The fraction of sp³-hybridized carbons (Fsp3) is 0.130. The van der Waals surface area contributed by atoms with Gasteiger partial charge in [-0.1, -0.05) is 36.9 Å². The average Bonchev–Trinajstić information content (AvgIpc) is 2.73. The molecule has 7 heteroatoms. The van der Waals surface area contributed by atoms with Crippen molar-refractivity contribution in [1.29, 1.82) is 5.41 Å². The van der Waals surface area contributed by atoms with E-state index in [2.05, 4.69) is 33.4 Å². The minimum atomic E-state index is -0.379. The van der Waals surface area contributed by atoms with E-state index in [1.165, 1.54) is 12.1 Å². The number of nitrogens with one attached hydrogen (secondary N) is 2. The van der Waals surface area contributed by atoms with Gasteiger partial charge in [0.1, 0.15) is 11.5 Å². The Bertz CT molecular complexity index is 1050. The maximum atomic E-state index is 14.7. The third-order valence-corrected chi connectivity index (χ3v) is 4.37. The van der Waals surface area contributed by atoms with Crippen molar-refractivity contribution in [2.45, 2.75) is 20.3 Å². The zero-order valence-electron chi connectivity index (χ0n) is 16.9. The van der Waals surface area contributed by atoms with Crippen molar-refractivity contribution in [1.82, 2.24) is 15.3 Å². The highest BCUT2D eigenvalue weighted by molar-refractivity contribution is 6.49. The second kappa shape index (κ2) is 11.0. The van der Waals surface area contributed by atoms with Gasteiger partial charge in [-0.2, -0.15) is 0 Å². The summed E-state index contributed by atoms with van der Waals surface area (Å²) < 4.78 is 14.7. The number of hydrogen-bond acceptors (Lipinski definition) is 5. The van der Waals surface area contributed by atoms with E-state index in [-0.39, 0.29) is 5.82 Å². The molecule has 154 valence electrons. The highest BCUT2D eigenvalue weighted by Gasteiger charge is 2.12. The van der Waals surface area contributed by atoms with Gasteiger partial charge in [0.25, 0.3) is 0 Å². The molecule has 0 fully saturated rings. The van der Waals surface area contributed by atoms with Crippen LogP contribution in [0.25, 0.3) is 16.3 Å². The molecule has 0 aliphatic rings. The van der Waals surface area contributed by atoms with Crippen LogP contribution in [0.5, 0.6) is 0 Å². The van der Waals surface area contributed by atoms with Gasteiger partial charge in [-0.15, -0.1) is 0 Å². The fourth-order valence-electron chi connectivity index (χ4n) is 2.59. The number of benzene rings is 1.